The summed E-state index contributed by atoms with van der Waals surface area (Å²) in [4.78, 5) is 4.95. The van der Waals surface area contributed by atoms with E-state index in [1.807, 2.05) is 17.9 Å². The molecule has 0 atom stereocenters. The minimum Gasteiger partial charge on any atom is -0.383 e. The molecule has 0 aliphatic carbocycles. The van der Waals surface area contributed by atoms with E-state index in [0.29, 0.717) is 0 Å². The van der Waals surface area contributed by atoms with Crippen molar-refractivity contribution >= 4 is 0 Å². The maximum Gasteiger partial charge on any atom is 0.0589 e. The zero-order valence-corrected chi connectivity index (χ0v) is 10.8. The first-order chi connectivity index (χ1) is 8.29. The van der Waals surface area contributed by atoms with Gasteiger partial charge in [0.2, 0.25) is 0 Å². The molecule has 0 spiro atoms. The summed E-state index contributed by atoms with van der Waals surface area (Å²) in [5.41, 5.74) is 1.29. The summed E-state index contributed by atoms with van der Waals surface area (Å²) in [6.45, 7) is 7.44. The zero-order valence-electron chi connectivity index (χ0n) is 10.8. The maximum absolute atomic E-state index is 5.11. The van der Waals surface area contributed by atoms with Crippen molar-refractivity contribution in [1.29, 1.82) is 0 Å². The number of ether oxygens (including phenoxy) is 1. The predicted molar refractivity (Wildman–Crippen MR) is 66.8 cm³/mol. The molecule has 2 heterocycles. The number of aryl methyl sites for hydroxylation is 1. The normalized spacial score (nSPS) is 18.7. The minimum atomic E-state index is 0.835. The largest absolute Gasteiger partial charge is 0.383 e. The second-order valence-electron chi connectivity index (χ2n) is 4.56. The number of methoxy groups -OCH3 is 1. The van der Waals surface area contributed by atoms with Crippen LogP contribution >= 0.6 is 0 Å². The Hall–Kier alpha value is -0.910. The van der Waals surface area contributed by atoms with Gasteiger partial charge in [-0.3, -0.25) is 14.5 Å². The number of rotatable bonds is 5. The van der Waals surface area contributed by atoms with Crippen molar-refractivity contribution in [3.05, 3.63) is 18.0 Å². The molecular formula is C12H22N4O. The summed E-state index contributed by atoms with van der Waals surface area (Å²) in [7, 11) is 3.77. The van der Waals surface area contributed by atoms with Crippen LogP contribution in [0, 0.1) is 0 Å². The fraction of sp³-hybridized carbons (Fsp3) is 0.750. The van der Waals surface area contributed by atoms with Crippen LogP contribution in [0.4, 0.5) is 0 Å². The quantitative estimate of drug-likeness (QED) is 0.733. The van der Waals surface area contributed by atoms with Crippen molar-refractivity contribution in [3.63, 3.8) is 0 Å². The van der Waals surface area contributed by atoms with Gasteiger partial charge in [-0.05, 0) is 6.07 Å². The van der Waals surface area contributed by atoms with E-state index in [0.717, 1.165) is 45.9 Å². The third kappa shape index (κ3) is 3.52. The molecule has 2 rings (SSSR count). The van der Waals surface area contributed by atoms with Crippen LogP contribution in [0.25, 0.3) is 0 Å². The summed E-state index contributed by atoms with van der Waals surface area (Å²) in [5.74, 6) is 0. The van der Waals surface area contributed by atoms with Crippen LogP contribution in [-0.4, -0.2) is 66.0 Å². The third-order valence-corrected chi connectivity index (χ3v) is 3.38. The molecule has 1 aromatic rings. The average molecular weight is 238 g/mol. The van der Waals surface area contributed by atoms with Gasteiger partial charge in [0.15, 0.2) is 0 Å². The number of nitrogens with zero attached hydrogens (tertiary/aromatic N) is 4. The van der Waals surface area contributed by atoms with Crippen LogP contribution in [0.3, 0.4) is 0 Å². The Kier molecular flexibility index (Phi) is 4.53. The number of hydrogen-bond acceptors (Lipinski definition) is 4. The van der Waals surface area contributed by atoms with E-state index >= 15 is 0 Å². The van der Waals surface area contributed by atoms with Gasteiger partial charge in [0, 0.05) is 59.6 Å². The molecule has 96 valence electrons. The van der Waals surface area contributed by atoms with Gasteiger partial charge >= 0.3 is 0 Å². The molecule has 1 saturated heterocycles. The van der Waals surface area contributed by atoms with Gasteiger partial charge in [0.25, 0.3) is 0 Å². The Balaban J connectivity index is 1.74. The van der Waals surface area contributed by atoms with Crippen LogP contribution in [-0.2, 0) is 18.3 Å². The summed E-state index contributed by atoms with van der Waals surface area (Å²) in [6.07, 6.45) is 1.87. The first kappa shape index (κ1) is 12.5. The molecule has 0 radical (unpaired) electrons. The highest BCUT2D eigenvalue weighted by Crippen LogP contribution is 2.07. The Morgan fingerprint density at radius 3 is 2.53 bits per heavy atom. The Morgan fingerprint density at radius 1 is 1.24 bits per heavy atom. The molecule has 0 saturated carbocycles. The van der Waals surface area contributed by atoms with Gasteiger partial charge in [-0.2, -0.15) is 5.10 Å². The molecule has 0 bridgehead atoms. The number of piperazine rings is 1. The van der Waals surface area contributed by atoms with E-state index in [1.165, 1.54) is 5.69 Å². The van der Waals surface area contributed by atoms with Gasteiger partial charge in [-0.1, -0.05) is 0 Å². The first-order valence-electron chi connectivity index (χ1n) is 6.20. The lowest BCUT2D eigenvalue weighted by Crippen LogP contribution is -2.46. The molecule has 17 heavy (non-hydrogen) atoms. The predicted octanol–water partition coefficient (Wildman–Crippen LogP) is 0.184. The van der Waals surface area contributed by atoms with Crippen LogP contribution in [0.5, 0.6) is 0 Å². The SMILES string of the molecule is COCCN1CCN(Cc2ccnn2C)CC1. The summed E-state index contributed by atoms with van der Waals surface area (Å²) in [5, 5.41) is 4.20. The molecule has 1 aliphatic heterocycles. The van der Waals surface area contributed by atoms with Crippen molar-refractivity contribution in [3.8, 4) is 0 Å². The molecule has 1 fully saturated rings. The van der Waals surface area contributed by atoms with E-state index in [-0.39, 0.29) is 0 Å². The van der Waals surface area contributed by atoms with Crippen LogP contribution in [0.15, 0.2) is 12.3 Å². The van der Waals surface area contributed by atoms with Crippen LogP contribution in [0.1, 0.15) is 5.69 Å². The van der Waals surface area contributed by atoms with E-state index in [4.69, 9.17) is 4.74 Å². The van der Waals surface area contributed by atoms with Crippen molar-refractivity contribution < 1.29 is 4.74 Å². The van der Waals surface area contributed by atoms with Crippen molar-refractivity contribution in [1.82, 2.24) is 19.6 Å². The van der Waals surface area contributed by atoms with Gasteiger partial charge in [-0.25, -0.2) is 0 Å². The summed E-state index contributed by atoms with van der Waals surface area (Å²) < 4.78 is 7.06. The molecule has 5 heteroatoms. The highest BCUT2D eigenvalue weighted by molar-refractivity contribution is 4.99. The van der Waals surface area contributed by atoms with Crippen molar-refractivity contribution in [2.24, 2.45) is 7.05 Å². The van der Waals surface area contributed by atoms with Gasteiger partial charge in [0.05, 0.1) is 12.3 Å². The zero-order chi connectivity index (χ0) is 12.1. The molecule has 0 amide bonds. The number of hydrogen-bond donors (Lipinski definition) is 0. The minimum absolute atomic E-state index is 0.835. The highest BCUT2D eigenvalue weighted by Gasteiger charge is 2.17. The third-order valence-electron chi connectivity index (χ3n) is 3.38. The fourth-order valence-corrected chi connectivity index (χ4v) is 2.18. The van der Waals surface area contributed by atoms with Gasteiger partial charge in [-0.15, -0.1) is 0 Å². The highest BCUT2D eigenvalue weighted by atomic mass is 16.5. The second-order valence-corrected chi connectivity index (χ2v) is 4.56. The van der Waals surface area contributed by atoms with Crippen molar-refractivity contribution in [2.45, 2.75) is 6.54 Å². The molecule has 0 unspecified atom stereocenters. The van der Waals surface area contributed by atoms with Gasteiger partial charge in [0.1, 0.15) is 0 Å². The van der Waals surface area contributed by atoms with Gasteiger partial charge < -0.3 is 4.74 Å². The standard InChI is InChI=1S/C12H22N4O/c1-14-12(3-4-13-14)11-16-7-5-15(6-8-16)9-10-17-2/h3-4H,5-11H2,1-2H3. The van der Waals surface area contributed by atoms with Crippen LogP contribution in [0.2, 0.25) is 0 Å². The van der Waals surface area contributed by atoms with E-state index < -0.39 is 0 Å². The molecule has 5 nitrogen and oxygen atoms in total. The Morgan fingerprint density at radius 2 is 1.94 bits per heavy atom. The van der Waals surface area contributed by atoms with Crippen LogP contribution < -0.4 is 0 Å². The topological polar surface area (TPSA) is 33.5 Å². The first-order valence-corrected chi connectivity index (χ1v) is 6.20. The summed E-state index contributed by atoms with van der Waals surface area (Å²) in [6, 6.07) is 2.09. The molecule has 1 aliphatic rings. The average Bonchev–Trinajstić information content (AvgIpc) is 2.74. The Labute approximate surface area is 103 Å². The molecule has 0 aromatic carbocycles. The lowest BCUT2D eigenvalue weighted by molar-refractivity contribution is 0.0927. The Bertz CT molecular complexity index is 331. The fourth-order valence-electron chi connectivity index (χ4n) is 2.18. The second kappa shape index (κ2) is 6.14. The van der Waals surface area contributed by atoms with E-state index in [2.05, 4.69) is 21.0 Å². The molecule has 1 aromatic heterocycles. The summed E-state index contributed by atoms with van der Waals surface area (Å²) >= 11 is 0. The van der Waals surface area contributed by atoms with Crippen molar-refractivity contribution in [2.75, 3.05) is 46.4 Å². The lowest BCUT2D eigenvalue weighted by Gasteiger charge is -2.34. The lowest BCUT2D eigenvalue weighted by atomic mass is 10.3. The maximum atomic E-state index is 5.11. The van der Waals surface area contributed by atoms with E-state index in [1.54, 1.807) is 7.11 Å². The molecule has 0 N–H and O–H groups in total. The smallest absolute Gasteiger partial charge is 0.0589 e. The monoisotopic (exact) mass is 238 g/mol. The van der Waals surface area contributed by atoms with E-state index in [9.17, 15) is 0 Å². The number of aromatic nitrogens is 2. The molecular weight excluding hydrogens is 216 g/mol.